The van der Waals surface area contributed by atoms with Gasteiger partial charge in [0.25, 0.3) is 0 Å². The number of carbonyl (C=O) groups excluding carboxylic acids is 1. The van der Waals surface area contributed by atoms with Gasteiger partial charge in [-0.2, -0.15) is 35.9 Å². The number of nitrogens with zero attached hydrogens (tertiary/aromatic N) is 2. The third-order valence-corrected chi connectivity index (χ3v) is 4.11. The molecule has 151 valence electrons. The number of carbonyl (C=O) groups is 1. The number of fused-ring (bicyclic) bond motifs is 1. The van der Waals surface area contributed by atoms with Gasteiger partial charge in [0.2, 0.25) is 0 Å². The summed E-state index contributed by atoms with van der Waals surface area (Å²) in [5.74, 6) is -0.0625. The van der Waals surface area contributed by atoms with Crippen LogP contribution in [0.3, 0.4) is 0 Å². The number of ketones is 1. The van der Waals surface area contributed by atoms with Crippen LogP contribution in [0.25, 0.3) is 5.32 Å². The number of benzene rings is 3. The second-order valence-corrected chi connectivity index (χ2v) is 6.41. The fraction of sp³-hybridized carbons (Fsp3) is 0.125. The zero-order valence-corrected chi connectivity index (χ0v) is 18.6. The van der Waals surface area contributed by atoms with Crippen LogP contribution in [0.2, 0.25) is 0 Å². The fourth-order valence-corrected chi connectivity index (χ4v) is 3.04. The molecule has 5 heteroatoms. The minimum absolute atomic E-state index is 0. The third-order valence-electron chi connectivity index (χ3n) is 4.11. The number of para-hydroxylation sites is 3. The summed E-state index contributed by atoms with van der Waals surface area (Å²) in [7, 11) is 0. The SMILES string of the molecule is CC(=O)/C=C(/C)O.[Ir].[c-]1ccccc1C1[N-]c2ccccc2N1c1ccccc1. The van der Waals surface area contributed by atoms with Crippen molar-refractivity contribution in [2.75, 3.05) is 4.90 Å². The van der Waals surface area contributed by atoms with Crippen molar-refractivity contribution in [3.8, 4) is 0 Å². The molecule has 0 amide bonds. The summed E-state index contributed by atoms with van der Waals surface area (Å²) in [5.41, 5.74) is 4.40. The first-order chi connectivity index (χ1) is 13.6. The van der Waals surface area contributed by atoms with Crippen molar-refractivity contribution in [2.45, 2.75) is 20.0 Å². The zero-order chi connectivity index (χ0) is 19.9. The van der Waals surface area contributed by atoms with E-state index in [0.717, 1.165) is 22.6 Å². The Morgan fingerprint density at radius 2 is 1.66 bits per heavy atom. The van der Waals surface area contributed by atoms with Crippen molar-refractivity contribution in [3.05, 3.63) is 108 Å². The van der Waals surface area contributed by atoms with Gasteiger partial charge in [0.05, 0.1) is 5.76 Å². The number of allylic oxidation sites excluding steroid dienone is 2. The number of rotatable bonds is 3. The summed E-state index contributed by atoms with van der Waals surface area (Å²) in [4.78, 5) is 12.3. The maximum absolute atomic E-state index is 10.0. The molecular weight excluding hydrogens is 540 g/mol. The van der Waals surface area contributed by atoms with Crippen LogP contribution in [0.15, 0.2) is 90.7 Å². The first kappa shape index (κ1) is 22.4. The molecule has 4 nitrogen and oxygen atoms in total. The Labute approximate surface area is 185 Å². The van der Waals surface area contributed by atoms with Gasteiger partial charge in [-0.05, 0) is 38.2 Å². The number of aliphatic hydroxyl groups is 1. The van der Waals surface area contributed by atoms with Gasteiger partial charge in [-0.1, -0.05) is 36.4 Å². The Kier molecular flexibility index (Phi) is 8.20. The average molecular weight is 563 g/mol. The maximum Gasteiger partial charge on any atom is 0.155 e. The molecule has 0 fully saturated rings. The molecule has 0 saturated heterocycles. The topological polar surface area (TPSA) is 54.6 Å². The van der Waals surface area contributed by atoms with Crippen LogP contribution in [0, 0.1) is 6.07 Å². The number of anilines is 2. The molecule has 1 radical (unpaired) electrons. The predicted molar refractivity (Wildman–Crippen MR) is 113 cm³/mol. The Morgan fingerprint density at radius 3 is 2.24 bits per heavy atom. The van der Waals surface area contributed by atoms with E-state index in [-0.39, 0.29) is 37.8 Å². The predicted octanol–water partition coefficient (Wildman–Crippen LogP) is 6.38. The molecule has 3 aromatic rings. The molecule has 0 bridgehead atoms. The summed E-state index contributed by atoms with van der Waals surface area (Å²) in [6.45, 7) is 2.85. The number of hydrogen-bond acceptors (Lipinski definition) is 3. The zero-order valence-electron chi connectivity index (χ0n) is 16.2. The van der Waals surface area contributed by atoms with E-state index >= 15 is 0 Å². The molecule has 1 atom stereocenters. The van der Waals surface area contributed by atoms with Crippen molar-refractivity contribution in [1.29, 1.82) is 0 Å². The van der Waals surface area contributed by atoms with Crippen LogP contribution in [0.4, 0.5) is 17.1 Å². The van der Waals surface area contributed by atoms with Gasteiger partial charge in [-0.25, -0.2) is 0 Å². The molecule has 1 aliphatic heterocycles. The van der Waals surface area contributed by atoms with Crippen LogP contribution >= 0.6 is 0 Å². The Balaban J connectivity index is 0.000000327. The molecule has 1 aliphatic rings. The van der Waals surface area contributed by atoms with Crippen molar-refractivity contribution in [2.24, 2.45) is 0 Å². The molecule has 0 saturated carbocycles. The Morgan fingerprint density at radius 1 is 1.00 bits per heavy atom. The quantitative estimate of drug-likeness (QED) is 0.229. The summed E-state index contributed by atoms with van der Waals surface area (Å²) >= 11 is 0. The van der Waals surface area contributed by atoms with Gasteiger partial charge < -0.3 is 15.3 Å². The van der Waals surface area contributed by atoms with Crippen LogP contribution in [0.1, 0.15) is 25.6 Å². The Bertz CT molecular complexity index is 955. The van der Waals surface area contributed by atoms with Crippen molar-refractivity contribution < 1.29 is 30.0 Å². The van der Waals surface area contributed by atoms with E-state index < -0.39 is 0 Å². The summed E-state index contributed by atoms with van der Waals surface area (Å²) < 4.78 is 0. The second-order valence-electron chi connectivity index (χ2n) is 6.41. The van der Waals surface area contributed by atoms with Crippen molar-refractivity contribution >= 4 is 22.8 Å². The monoisotopic (exact) mass is 563 g/mol. The van der Waals surface area contributed by atoms with E-state index in [1.807, 2.05) is 30.3 Å². The fourth-order valence-electron chi connectivity index (χ4n) is 3.04. The molecule has 1 unspecified atom stereocenters. The average Bonchev–Trinajstić information content (AvgIpc) is 3.08. The standard InChI is InChI=1S/C19H14N2.C5H8O2.Ir/c1-3-9-15(10-4-1)19-20-17-13-7-8-14-18(17)21(19)16-11-5-2-6-12-16;1-4(6)3-5(2)7;/h1-9,11-14,19H;3,6H,1-2H3;/q-2;;/b;4-3-;. The molecule has 0 spiro atoms. The van der Waals surface area contributed by atoms with Crippen molar-refractivity contribution in [1.82, 2.24) is 0 Å². The third kappa shape index (κ3) is 5.80. The Hall–Kier alpha value is -2.88. The number of hydrogen-bond donors (Lipinski definition) is 1. The van der Waals surface area contributed by atoms with Gasteiger partial charge in [0.15, 0.2) is 5.78 Å². The van der Waals surface area contributed by atoms with E-state index in [9.17, 15) is 4.79 Å². The van der Waals surface area contributed by atoms with Crippen LogP contribution < -0.4 is 4.90 Å². The maximum atomic E-state index is 10.0. The van der Waals surface area contributed by atoms with Gasteiger partial charge >= 0.3 is 0 Å². The van der Waals surface area contributed by atoms with E-state index in [1.54, 1.807) is 0 Å². The smallest absolute Gasteiger partial charge is 0.155 e. The molecule has 3 aromatic carbocycles. The molecule has 0 aliphatic carbocycles. The van der Waals surface area contributed by atoms with Crippen LogP contribution in [-0.2, 0) is 24.9 Å². The summed E-state index contributed by atoms with van der Waals surface area (Å²) in [5, 5.41) is 13.2. The minimum Gasteiger partial charge on any atom is -0.661 e. The molecule has 1 N–H and O–H groups in total. The van der Waals surface area contributed by atoms with Gasteiger partial charge in [0, 0.05) is 37.6 Å². The molecular formula is C24H22IrN2O2-2. The summed E-state index contributed by atoms with van der Waals surface area (Å²) in [6, 6.07) is 30.0. The van der Waals surface area contributed by atoms with Gasteiger partial charge in [-0.3, -0.25) is 4.79 Å². The van der Waals surface area contributed by atoms with E-state index in [2.05, 4.69) is 59.5 Å². The van der Waals surface area contributed by atoms with Crippen molar-refractivity contribution in [3.63, 3.8) is 0 Å². The van der Waals surface area contributed by atoms with Crippen LogP contribution in [-0.4, -0.2) is 10.9 Å². The number of aliphatic hydroxyl groups excluding tert-OH is 1. The molecule has 29 heavy (non-hydrogen) atoms. The van der Waals surface area contributed by atoms with E-state index in [0.29, 0.717) is 0 Å². The van der Waals surface area contributed by atoms with Gasteiger partial charge in [0.1, 0.15) is 0 Å². The van der Waals surface area contributed by atoms with E-state index in [1.165, 1.54) is 19.9 Å². The minimum atomic E-state index is -0.125. The summed E-state index contributed by atoms with van der Waals surface area (Å²) in [6.07, 6.45) is 1.12. The molecule has 4 rings (SSSR count). The first-order valence-electron chi connectivity index (χ1n) is 9.05. The first-order valence-corrected chi connectivity index (χ1v) is 9.05. The van der Waals surface area contributed by atoms with Crippen LogP contribution in [0.5, 0.6) is 0 Å². The second kappa shape index (κ2) is 10.6. The molecule has 0 aromatic heterocycles. The largest absolute Gasteiger partial charge is 0.661 e. The van der Waals surface area contributed by atoms with E-state index in [4.69, 9.17) is 10.4 Å². The molecule has 1 heterocycles. The normalized spacial score (nSPS) is 14.6. The van der Waals surface area contributed by atoms with Gasteiger partial charge in [-0.15, -0.1) is 5.69 Å².